The maximum atomic E-state index is 5.76. The number of nitrogens with zero attached hydrogens (tertiary/aromatic N) is 5. The second-order valence-corrected chi connectivity index (χ2v) is 7.53. The number of rotatable bonds is 4. The number of nitrogens with two attached hydrogens (primary N) is 1. The summed E-state index contributed by atoms with van der Waals surface area (Å²) < 4.78 is 2.13. The first-order chi connectivity index (χ1) is 13.1. The van der Waals surface area contributed by atoms with Crippen LogP contribution in [0, 0.1) is 6.92 Å². The van der Waals surface area contributed by atoms with Gasteiger partial charge in [0.25, 0.3) is 0 Å². The number of aliphatic imine (C=N–C) groups is 1. The van der Waals surface area contributed by atoms with E-state index in [0.717, 1.165) is 42.9 Å². The van der Waals surface area contributed by atoms with Crippen molar-refractivity contribution in [2.24, 2.45) is 10.7 Å². The van der Waals surface area contributed by atoms with Crippen LogP contribution in [0.1, 0.15) is 35.6 Å². The van der Waals surface area contributed by atoms with Gasteiger partial charge in [-0.15, -0.1) is 0 Å². The zero-order chi connectivity index (χ0) is 18.8. The largest absolute Gasteiger partial charge is 0.326 e. The molecule has 27 heavy (non-hydrogen) atoms. The lowest BCUT2D eigenvalue weighted by molar-refractivity contribution is 0.212. The Morgan fingerprint density at radius 3 is 2.70 bits per heavy atom. The van der Waals surface area contributed by atoms with Gasteiger partial charge < -0.3 is 15.5 Å². The highest BCUT2D eigenvalue weighted by Crippen LogP contribution is 2.25. The zero-order valence-corrected chi connectivity index (χ0v) is 16.2. The van der Waals surface area contributed by atoms with Crippen molar-refractivity contribution in [3.05, 3.63) is 59.6 Å². The topological polar surface area (TPSA) is 62.7 Å². The quantitative estimate of drug-likeness (QED) is 0.906. The molecule has 0 amide bonds. The molecule has 0 unspecified atom stereocenters. The number of aromatic nitrogens is 2. The molecule has 1 aromatic carbocycles. The first-order valence-electron chi connectivity index (χ1n) is 9.66. The third kappa shape index (κ3) is 3.82. The second-order valence-electron chi connectivity index (χ2n) is 7.53. The number of aryl methyl sites for hydroxylation is 1. The zero-order valence-electron chi connectivity index (χ0n) is 16.2. The Morgan fingerprint density at radius 2 is 2.04 bits per heavy atom. The van der Waals surface area contributed by atoms with Gasteiger partial charge in [0.2, 0.25) is 0 Å². The van der Waals surface area contributed by atoms with Gasteiger partial charge >= 0.3 is 0 Å². The summed E-state index contributed by atoms with van der Waals surface area (Å²) in [5, 5.41) is 4.61. The Bertz CT molecular complexity index is 857. The monoisotopic (exact) mass is 364 g/mol. The Kier molecular flexibility index (Phi) is 5.09. The third-order valence-electron chi connectivity index (χ3n) is 5.65. The minimum absolute atomic E-state index is 0.506. The first-order valence-corrected chi connectivity index (χ1v) is 9.66. The second kappa shape index (κ2) is 7.66. The molecule has 0 radical (unpaired) electrons. The van der Waals surface area contributed by atoms with Crippen molar-refractivity contribution in [2.45, 2.75) is 32.4 Å². The van der Waals surface area contributed by atoms with Crippen molar-refractivity contribution in [1.29, 1.82) is 0 Å². The van der Waals surface area contributed by atoms with E-state index in [4.69, 9.17) is 10.7 Å². The molecule has 3 heterocycles. The van der Waals surface area contributed by atoms with Gasteiger partial charge in [-0.2, -0.15) is 5.10 Å². The number of allylic oxidation sites excluding steroid dienone is 1. The van der Waals surface area contributed by atoms with Gasteiger partial charge in [0.1, 0.15) is 6.67 Å². The summed E-state index contributed by atoms with van der Waals surface area (Å²) in [7, 11) is 2.18. The van der Waals surface area contributed by atoms with Gasteiger partial charge in [-0.05, 0) is 63.2 Å². The number of likely N-dealkylation sites (tertiary alicyclic amines) is 1. The average Bonchev–Trinajstić information content (AvgIpc) is 3.19. The number of piperidine rings is 1. The van der Waals surface area contributed by atoms with Gasteiger partial charge in [-0.25, -0.2) is 0 Å². The van der Waals surface area contributed by atoms with Crippen LogP contribution in [-0.2, 0) is 6.54 Å². The van der Waals surface area contributed by atoms with E-state index in [2.05, 4.69) is 70.2 Å². The molecule has 1 aromatic heterocycles. The van der Waals surface area contributed by atoms with Crippen molar-refractivity contribution < 1.29 is 0 Å². The fourth-order valence-electron chi connectivity index (χ4n) is 3.79. The molecule has 2 aliphatic rings. The van der Waals surface area contributed by atoms with E-state index in [0.29, 0.717) is 19.3 Å². The molecule has 0 saturated carbocycles. The van der Waals surface area contributed by atoms with Crippen molar-refractivity contribution in [1.82, 2.24) is 14.7 Å². The van der Waals surface area contributed by atoms with Crippen LogP contribution in [0.3, 0.4) is 0 Å². The van der Waals surface area contributed by atoms with Crippen LogP contribution in [0.5, 0.6) is 0 Å². The van der Waals surface area contributed by atoms with Crippen LogP contribution in [0.25, 0.3) is 0 Å². The van der Waals surface area contributed by atoms with E-state index in [1.807, 2.05) is 6.20 Å². The van der Waals surface area contributed by atoms with Crippen LogP contribution < -0.4 is 10.6 Å². The molecule has 142 valence electrons. The number of hydrogen-bond acceptors (Lipinski definition) is 5. The summed E-state index contributed by atoms with van der Waals surface area (Å²) in [6.45, 7) is 5.56. The van der Waals surface area contributed by atoms with Crippen LogP contribution in [0.15, 0.2) is 47.9 Å². The number of anilines is 1. The first kappa shape index (κ1) is 17.9. The molecule has 2 aromatic rings. The number of benzene rings is 1. The molecule has 1 fully saturated rings. The smallest absolute Gasteiger partial charge is 0.115 e. The summed E-state index contributed by atoms with van der Waals surface area (Å²) in [5.74, 6) is 0. The Hall–Kier alpha value is -2.44. The molecular formula is C21H28N6. The molecular weight excluding hydrogens is 336 g/mol. The molecule has 1 saturated heterocycles. The highest BCUT2D eigenvalue weighted by atomic mass is 15.3. The Labute approximate surface area is 161 Å². The van der Waals surface area contributed by atoms with Crippen LogP contribution >= 0.6 is 0 Å². The summed E-state index contributed by atoms with van der Waals surface area (Å²) in [6, 6.07) is 6.87. The molecule has 2 N–H and O–H groups in total. The van der Waals surface area contributed by atoms with Gasteiger partial charge in [0, 0.05) is 24.5 Å². The number of hydrogen-bond donors (Lipinski definition) is 1. The highest BCUT2D eigenvalue weighted by Gasteiger charge is 2.20. The van der Waals surface area contributed by atoms with E-state index in [9.17, 15) is 0 Å². The van der Waals surface area contributed by atoms with Gasteiger partial charge in [-0.1, -0.05) is 12.1 Å². The van der Waals surface area contributed by atoms with E-state index in [-0.39, 0.29) is 0 Å². The van der Waals surface area contributed by atoms with E-state index in [1.54, 1.807) is 0 Å². The van der Waals surface area contributed by atoms with Crippen LogP contribution in [0.2, 0.25) is 0 Å². The van der Waals surface area contributed by atoms with Crippen molar-refractivity contribution in [3.8, 4) is 0 Å². The van der Waals surface area contributed by atoms with Crippen LogP contribution in [-0.4, -0.2) is 47.2 Å². The predicted octanol–water partition coefficient (Wildman–Crippen LogP) is 2.70. The van der Waals surface area contributed by atoms with E-state index < -0.39 is 0 Å². The minimum atomic E-state index is 0.506. The molecule has 6 heteroatoms. The molecule has 2 aliphatic heterocycles. The standard InChI is InChI=1S/C21H28N6/c1-16-11-17(3-4-18(16)12-22)21-7-10-26(15-23-21)20-13-24-27(14-20)19-5-8-25(2)9-6-19/h3-4,7,10-11,13-14,19H,5-6,8-9,12,15,22H2,1-2H3. The van der Waals surface area contributed by atoms with Crippen molar-refractivity contribution >= 4 is 11.4 Å². The molecule has 6 nitrogen and oxygen atoms in total. The SMILES string of the molecule is Cc1cc(C2=NCN(c3cnn(C4CCN(C)CC4)c3)C=C2)ccc1CN. The molecule has 0 bridgehead atoms. The maximum Gasteiger partial charge on any atom is 0.115 e. The van der Waals surface area contributed by atoms with E-state index in [1.165, 1.54) is 11.1 Å². The maximum absolute atomic E-state index is 5.76. The fraction of sp³-hybridized carbons (Fsp3) is 0.429. The van der Waals surface area contributed by atoms with Gasteiger partial charge in [-0.3, -0.25) is 9.67 Å². The summed E-state index contributed by atoms with van der Waals surface area (Å²) in [4.78, 5) is 9.29. The predicted molar refractivity (Wildman–Crippen MR) is 110 cm³/mol. The summed E-state index contributed by atoms with van der Waals surface area (Å²) in [5.41, 5.74) is 11.4. The Balaban J connectivity index is 1.43. The van der Waals surface area contributed by atoms with Crippen LogP contribution in [0.4, 0.5) is 5.69 Å². The lowest BCUT2D eigenvalue weighted by atomic mass is 10.0. The normalized spacial score (nSPS) is 18.8. The lowest BCUT2D eigenvalue weighted by Gasteiger charge is -2.29. The van der Waals surface area contributed by atoms with Gasteiger partial charge in [0.05, 0.1) is 23.6 Å². The van der Waals surface area contributed by atoms with E-state index >= 15 is 0 Å². The highest BCUT2D eigenvalue weighted by molar-refractivity contribution is 6.09. The third-order valence-corrected chi connectivity index (χ3v) is 5.65. The lowest BCUT2D eigenvalue weighted by Crippen LogP contribution is -2.31. The Morgan fingerprint density at radius 1 is 1.22 bits per heavy atom. The minimum Gasteiger partial charge on any atom is -0.326 e. The fourth-order valence-corrected chi connectivity index (χ4v) is 3.79. The van der Waals surface area contributed by atoms with Crippen molar-refractivity contribution in [2.75, 3.05) is 31.7 Å². The van der Waals surface area contributed by atoms with Crippen molar-refractivity contribution in [3.63, 3.8) is 0 Å². The molecule has 0 atom stereocenters. The molecule has 0 aliphatic carbocycles. The molecule has 4 rings (SSSR count). The summed E-state index contributed by atoms with van der Waals surface area (Å²) in [6.07, 6.45) is 10.6. The summed E-state index contributed by atoms with van der Waals surface area (Å²) >= 11 is 0. The van der Waals surface area contributed by atoms with Gasteiger partial charge in [0.15, 0.2) is 0 Å². The molecule has 0 spiro atoms. The average molecular weight is 364 g/mol.